The van der Waals surface area contributed by atoms with Crippen LogP contribution in [0, 0.1) is 40.8 Å². The quantitative estimate of drug-likeness (QED) is 0.669. The summed E-state index contributed by atoms with van der Waals surface area (Å²) < 4.78 is 21.7. The molecule has 1 heterocycles. The zero-order chi connectivity index (χ0) is 22.5. The maximum atomic E-state index is 15.3. The Morgan fingerprint density at radius 1 is 1.06 bits per heavy atom. The number of carboxylic acid groups (broad SMARTS) is 1. The second-order valence-corrected chi connectivity index (χ2v) is 12.3. The molecule has 33 heavy (non-hydrogen) atoms. The van der Waals surface area contributed by atoms with Gasteiger partial charge in [0.1, 0.15) is 17.6 Å². The number of ether oxygens (including phenoxy) is 1. The highest BCUT2D eigenvalue weighted by Gasteiger charge is 2.57. The first kappa shape index (κ1) is 20.3. The van der Waals surface area contributed by atoms with E-state index in [-0.39, 0.29) is 22.8 Å². The molecular formula is C27H32FNO4. The number of carbonyl (C=O) groups excluding carboxylic acids is 1. The fourth-order valence-electron chi connectivity index (χ4n) is 8.42. The summed E-state index contributed by atoms with van der Waals surface area (Å²) in [5.74, 6) is 1.66. The van der Waals surface area contributed by atoms with E-state index in [1.807, 2.05) is 0 Å². The number of amides is 1. The number of carboxylic acids is 1. The molecule has 7 fully saturated rings. The maximum Gasteiger partial charge on any atom is 0.326 e. The zero-order valence-corrected chi connectivity index (χ0v) is 19.0. The van der Waals surface area contributed by atoms with Crippen LogP contribution in [0.3, 0.4) is 0 Å². The Labute approximate surface area is 193 Å². The molecule has 5 nitrogen and oxygen atoms in total. The minimum absolute atomic E-state index is 0.00612. The number of rotatable bonds is 6. The first-order valence-corrected chi connectivity index (χ1v) is 12.9. The van der Waals surface area contributed by atoms with Crippen LogP contribution in [0.5, 0.6) is 5.75 Å². The molecule has 1 aromatic carbocycles. The number of likely N-dealkylation sites (tertiary alicyclic amines) is 1. The van der Waals surface area contributed by atoms with E-state index in [1.54, 1.807) is 6.07 Å². The summed E-state index contributed by atoms with van der Waals surface area (Å²) in [7, 11) is 0. The molecule has 1 amide bonds. The van der Waals surface area contributed by atoms with E-state index >= 15 is 4.39 Å². The monoisotopic (exact) mass is 453 g/mol. The molecule has 0 aromatic heterocycles. The van der Waals surface area contributed by atoms with Crippen LogP contribution in [-0.2, 0) is 4.79 Å². The summed E-state index contributed by atoms with van der Waals surface area (Å²) in [5, 5.41) is 9.62. The molecular weight excluding hydrogens is 421 g/mol. The molecule has 8 rings (SSSR count). The average Bonchev–Trinajstić information content (AvgIpc) is 3.69. The van der Waals surface area contributed by atoms with Crippen molar-refractivity contribution in [1.29, 1.82) is 0 Å². The van der Waals surface area contributed by atoms with E-state index in [9.17, 15) is 14.7 Å². The smallest absolute Gasteiger partial charge is 0.326 e. The third-order valence-corrected chi connectivity index (χ3v) is 9.71. The molecule has 3 unspecified atom stereocenters. The van der Waals surface area contributed by atoms with Gasteiger partial charge in [-0.1, -0.05) is 0 Å². The van der Waals surface area contributed by atoms with E-state index in [0.29, 0.717) is 24.8 Å². The Morgan fingerprint density at radius 3 is 2.33 bits per heavy atom. The van der Waals surface area contributed by atoms with Crippen molar-refractivity contribution in [3.05, 3.63) is 29.1 Å². The summed E-state index contributed by atoms with van der Waals surface area (Å²) in [4.78, 5) is 26.4. The van der Waals surface area contributed by atoms with Crippen LogP contribution in [0.2, 0.25) is 0 Å². The van der Waals surface area contributed by atoms with E-state index in [2.05, 4.69) is 0 Å². The highest BCUT2D eigenvalue weighted by Crippen LogP contribution is 2.60. The predicted octanol–water partition coefficient (Wildman–Crippen LogP) is 4.84. The van der Waals surface area contributed by atoms with Gasteiger partial charge in [-0.2, -0.15) is 0 Å². The van der Waals surface area contributed by atoms with Gasteiger partial charge in [-0.3, -0.25) is 4.79 Å². The Bertz CT molecular complexity index is 998. The third-order valence-electron chi connectivity index (χ3n) is 9.71. The molecule has 7 aliphatic rings. The molecule has 1 saturated heterocycles. The van der Waals surface area contributed by atoms with Gasteiger partial charge in [-0.05, 0) is 105 Å². The zero-order valence-electron chi connectivity index (χ0n) is 19.0. The van der Waals surface area contributed by atoms with Crippen LogP contribution >= 0.6 is 0 Å². The maximum absolute atomic E-state index is 15.3. The van der Waals surface area contributed by atoms with E-state index in [4.69, 9.17) is 4.74 Å². The van der Waals surface area contributed by atoms with Gasteiger partial charge in [-0.25, -0.2) is 9.18 Å². The van der Waals surface area contributed by atoms with Gasteiger partial charge in [0.15, 0.2) is 0 Å². The first-order chi connectivity index (χ1) is 15.9. The van der Waals surface area contributed by atoms with Crippen molar-refractivity contribution in [2.24, 2.45) is 35.0 Å². The normalized spacial score (nSPS) is 40.1. The highest BCUT2D eigenvalue weighted by atomic mass is 19.1. The standard InChI is InChI=1S/C27H32FNO4/c28-22-8-23(33-13-27-9-14-3-15(10-27)5-16(4-14)11-27)19(17-1-2-17)7-21(22)25(30)29-12-18-6-20(18)24(29)26(31)32/h7-8,14-18,20,24H,1-6,9-13H2,(H,31,32). The second kappa shape index (κ2) is 6.96. The molecule has 176 valence electrons. The Morgan fingerprint density at radius 2 is 1.73 bits per heavy atom. The van der Waals surface area contributed by atoms with Gasteiger partial charge < -0.3 is 14.7 Å². The molecule has 6 saturated carbocycles. The van der Waals surface area contributed by atoms with Crippen LogP contribution < -0.4 is 4.74 Å². The van der Waals surface area contributed by atoms with Gasteiger partial charge in [0.05, 0.1) is 12.2 Å². The molecule has 1 aliphatic heterocycles. The average molecular weight is 454 g/mol. The van der Waals surface area contributed by atoms with Crippen LogP contribution in [-0.4, -0.2) is 41.1 Å². The SMILES string of the molecule is O=C(O)C1C2CC2CN1C(=O)c1cc(C2CC2)c(OCC23CC4CC(CC(C4)C2)C3)cc1F. The lowest BCUT2D eigenvalue weighted by Crippen LogP contribution is -2.48. The minimum Gasteiger partial charge on any atom is -0.493 e. The van der Waals surface area contributed by atoms with Crippen LogP contribution in [0.15, 0.2) is 12.1 Å². The number of benzene rings is 1. The van der Waals surface area contributed by atoms with Crippen molar-refractivity contribution in [3.63, 3.8) is 0 Å². The number of hydrogen-bond donors (Lipinski definition) is 1. The lowest BCUT2D eigenvalue weighted by molar-refractivity contribution is -0.142. The third kappa shape index (κ3) is 3.30. The van der Waals surface area contributed by atoms with Gasteiger partial charge in [0.2, 0.25) is 0 Å². The van der Waals surface area contributed by atoms with Crippen molar-refractivity contribution in [2.75, 3.05) is 13.2 Å². The number of halogens is 1. The lowest BCUT2D eigenvalue weighted by Gasteiger charge is -2.56. The van der Waals surface area contributed by atoms with Gasteiger partial charge in [0, 0.05) is 18.0 Å². The van der Waals surface area contributed by atoms with E-state index < -0.39 is 23.7 Å². The fraction of sp³-hybridized carbons (Fsp3) is 0.704. The largest absolute Gasteiger partial charge is 0.493 e. The van der Waals surface area contributed by atoms with Gasteiger partial charge >= 0.3 is 5.97 Å². The molecule has 1 aromatic rings. The lowest BCUT2D eigenvalue weighted by atomic mass is 9.50. The molecule has 1 N–H and O–H groups in total. The summed E-state index contributed by atoms with van der Waals surface area (Å²) in [5.41, 5.74) is 1.18. The number of fused-ring (bicyclic) bond motifs is 1. The van der Waals surface area contributed by atoms with Crippen LogP contribution in [0.1, 0.15) is 79.6 Å². The molecule has 3 atom stereocenters. The summed E-state index contributed by atoms with van der Waals surface area (Å²) in [6, 6.07) is 2.26. The van der Waals surface area contributed by atoms with Crippen molar-refractivity contribution in [1.82, 2.24) is 4.90 Å². The van der Waals surface area contributed by atoms with Crippen molar-refractivity contribution < 1.29 is 23.8 Å². The molecule has 4 bridgehead atoms. The molecule has 0 spiro atoms. The first-order valence-electron chi connectivity index (χ1n) is 12.9. The van der Waals surface area contributed by atoms with E-state index in [1.165, 1.54) is 49.5 Å². The summed E-state index contributed by atoms with van der Waals surface area (Å²) >= 11 is 0. The molecule has 0 radical (unpaired) electrons. The second-order valence-electron chi connectivity index (χ2n) is 12.3. The van der Waals surface area contributed by atoms with Crippen LogP contribution in [0.25, 0.3) is 0 Å². The predicted molar refractivity (Wildman–Crippen MR) is 119 cm³/mol. The van der Waals surface area contributed by atoms with E-state index in [0.717, 1.165) is 42.6 Å². The Kier molecular flexibility index (Phi) is 4.27. The topological polar surface area (TPSA) is 66.8 Å². The van der Waals surface area contributed by atoms with Crippen molar-refractivity contribution in [3.8, 4) is 5.75 Å². The van der Waals surface area contributed by atoms with Crippen molar-refractivity contribution in [2.45, 2.75) is 69.7 Å². The Balaban J connectivity index is 1.14. The van der Waals surface area contributed by atoms with Crippen LogP contribution in [0.4, 0.5) is 4.39 Å². The number of aliphatic carboxylic acids is 1. The molecule has 6 heteroatoms. The minimum atomic E-state index is -0.980. The van der Waals surface area contributed by atoms with Gasteiger partial charge in [-0.15, -0.1) is 0 Å². The van der Waals surface area contributed by atoms with Crippen molar-refractivity contribution >= 4 is 11.9 Å². The number of piperidine rings is 1. The fourth-order valence-corrected chi connectivity index (χ4v) is 8.42. The van der Waals surface area contributed by atoms with Gasteiger partial charge in [0.25, 0.3) is 5.91 Å². The number of nitrogens with zero attached hydrogens (tertiary/aromatic N) is 1. The number of carbonyl (C=O) groups is 2. The highest BCUT2D eigenvalue weighted by molar-refractivity contribution is 5.98. The number of hydrogen-bond acceptors (Lipinski definition) is 3. The summed E-state index contributed by atoms with van der Waals surface area (Å²) in [6.07, 6.45) is 10.8. The Hall–Kier alpha value is -2.11. The molecule has 6 aliphatic carbocycles. The summed E-state index contributed by atoms with van der Waals surface area (Å²) in [6.45, 7) is 1.07.